The molecule has 0 N–H and O–H groups in total. The number of hydrogen-bond donors (Lipinski definition) is 0. The van der Waals surface area contributed by atoms with Crippen LogP contribution in [0.2, 0.25) is 0 Å². The summed E-state index contributed by atoms with van der Waals surface area (Å²) in [5.74, 6) is 0.851. The van der Waals surface area contributed by atoms with Gasteiger partial charge in [-0.05, 0) is 44.6 Å². The highest BCUT2D eigenvalue weighted by Crippen LogP contribution is 2.49. The summed E-state index contributed by atoms with van der Waals surface area (Å²) in [5.41, 5.74) is 0.586. The zero-order valence-electron chi connectivity index (χ0n) is 9.17. The fraction of sp³-hybridized carbons (Fsp3) is 1.00. The van der Waals surface area contributed by atoms with E-state index in [4.69, 9.17) is 4.74 Å². The Balaban J connectivity index is 1.86. The normalized spacial score (nSPS) is 47.8. The first-order valence-corrected chi connectivity index (χ1v) is 6.20. The average molecular weight is 195 g/mol. The topological polar surface area (TPSA) is 12.5 Å². The van der Waals surface area contributed by atoms with E-state index in [2.05, 4.69) is 11.8 Å². The maximum atomic E-state index is 5.61. The molecule has 3 atom stereocenters. The van der Waals surface area contributed by atoms with Gasteiger partial charge in [-0.15, -0.1) is 0 Å². The lowest BCUT2D eigenvalue weighted by atomic mass is 9.86. The van der Waals surface area contributed by atoms with Crippen molar-refractivity contribution in [3.63, 3.8) is 0 Å². The number of hydrogen-bond acceptors (Lipinski definition) is 2. The molecule has 0 aromatic heterocycles. The Labute approximate surface area is 86.6 Å². The summed E-state index contributed by atoms with van der Waals surface area (Å²) in [6, 6.07) is 0.867. The molecule has 14 heavy (non-hydrogen) atoms. The minimum absolute atomic E-state index is 0.586. The SMILES string of the molecule is CC[C@]12CCCN1[C@@H]1CCOC[C@@H]1C2. The lowest BCUT2D eigenvalue weighted by molar-refractivity contribution is 0.0191. The van der Waals surface area contributed by atoms with Crippen molar-refractivity contribution in [1.82, 2.24) is 4.90 Å². The van der Waals surface area contributed by atoms with Gasteiger partial charge in [0.2, 0.25) is 0 Å². The van der Waals surface area contributed by atoms with Crippen molar-refractivity contribution in [1.29, 1.82) is 0 Å². The molecule has 0 aromatic rings. The standard InChI is InChI=1S/C12H21NO/c1-2-12-5-3-6-13(12)11-4-7-14-9-10(11)8-12/h10-11H,2-9H2,1H3/t10-,11+,12+/m0/s1. The molecule has 3 rings (SSSR count). The summed E-state index contributed by atoms with van der Waals surface area (Å²) in [6.45, 7) is 5.76. The van der Waals surface area contributed by atoms with Crippen LogP contribution in [0.1, 0.15) is 39.0 Å². The predicted octanol–water partition coefficient (Wildman–Crippen LogP) is 2.04. The van der Waals surface area contributed by atoms with Crippen molar-refractivity contribution in [2.45, 2.75) is 50.6 Å². The third kappa shape index (κ3) is 1.10. The Morgan fingerprint density at radius 2 is 2.43 bits per heavy atom. The van der Waals surface area contributed by atoms with E-state index in [9.17, 15) is 0 Å². The first-order chi connectivity index (χ1) is 6.86. The second-order valence-electron chi connectivity index (χ2n) is 5.27. The molecule has 0 aromatic carbocycles. The van der Waals surface area contributed by atoms with Crippen molar-refractivity contribution in [2.75, 3.05) is 19.8 Å². The largest absolute Gasteiger partial charge is 0.381 e. The Kier molecular flexibility index (Phi) is 2.10. The van der Waals surface area contributed by atoms with Gasteiger partial charge in [0.05, 0.1) is 6.61 Å². The summed E-state index contributed by atoms with van der Waals surface area (Å²) >= 11 is 0. The zero-order valence-corrected chi connectivity index (χ0v) is 9.17. The van der Waals surface area contributed by atoms with Gasteiger partial charge < -0.3 is 4.74 Å². The van der Waals surface area contributed by atoms with Gasteiger partial charge in [-0.2, -0.15) is 0 Å². The Morgan fingerprint density at radius 3 is 3.29 bits per heavy atom. The molecule has 0 spiro atoms. The van der Waals surface area contributed by atoms with Crippen molar-refractivity contribution in [2.24, 2.45) is 5.92 Å². The average Bonchev–Trinajstić information content (AvgIpc) is 2.73. The molecule has 2 nitrogen and oxygen atoms in total. The second-order valence-corrected chi connectivity index (χ2v) is 5.27. The van der Waals surface area contributed by atoms with Gasteiger partial charge in [-0.3, -0.25) is 4.90 Å². The fourth-order valence-corrected chi connectivity index (χ4v) is 4.10. The second kappa shape index (κ2) is 3.21. The molecule has 0 radical (unpaired) electrons. The third-order valence-electron chi connectivity index (χ3n) is 4.79. The van der Waals surface area contributed by atoms with Crippen LogP contribution in [-0.4, -0.2) is 36.2 Å². The van der Waals surface area contributed by atoms with E-state index in [-0.39, 0.29) is 0 Å². The highest BCUT2D eigenvalue weighted by Gasteiger charge is 2.52. The third-order valence-corrected chi connectivity index (χ3v) is 4.79. The van der Waals surface area contributed by atoms with E-state index in [1.54, 1.807) is 0 Å². The minimum atomic E-state index is 0.586. The van der Waals surface area contributed by atoms with Crippen LogP contribution in [0.5, 0.6) is 0 Å². The van der Waals surface area contributed by atoms with Gasteiger partial charge in [-0.25, -0.2) is 0 Å². The lowest BCUT2D eigenvalue weighted by Crippen LogP contribution is -2.43. The summed E-state index contributed by atoms with van der Waals surface area (Å²) in [5, 5.41) is 0. The van der Waals surface area contributed by atoms with Crippen molar-refractivity contribution >= 4 is 0 Å². The monoisotopic (exact) mass is 195 g/mol. The molecule has 3 aliphatic heterocycles. The quantitative estimate of drug-likeness (QED) is 0.635. The number of ether oxygens (including phenoxy) is 1. The van der Waals surface area contributed by atoms with Gasteiger partial charge in [0, 0.05) is 18.2 Å². The number of rotatable bonds is 1. The molecule has 3 aliphatic rings. The van der Waals surface area contributed by atoms with E-state index in [0.29, 0.717) is 5.54 Å². The van der Waals surface area contributed by atoms with Gasteiger partial charge >= 0.3 is 0 Å². The fourth-order valence-electron chi connectivity index (χ4n) is 4.10. The van der Waals surface area contributed by atoms with Crippen LogP contribution in [0.25, 0.3) is 0 Å². The maximum absolute atomic E-state index is 5.61. The summed E-state index contributed by atoms with van der Waals surface area (Å²) < 4.78 is 5.61. The first-order valence-electron chi connectivity index (χ1n) is 6.20. The maximum Gasteiger partial charge on any atom is 0.0509 e. The zero-order chi connectivity index (χ0) is 9.60. The Morgan fingerprint density at radius 1 is 1.50 bits per heavy atom. The molecular weight excluding hydrogens is 174 g/mol. The van der Waals surface area contributed by atoms with Crippen LogP contribution in [0, 0.1) is 5.92 Å². The van der Waals surface area contributed by atoms with Gasteiger partial charge in [0.1, 0.15) is 0 Å². The van der Waals surface area contributed by atoms with Crippen LogP contribution >= 0.6 is 0 Å². The molecule has 3 heterocycles. The van der Waals surface area contributed by atoms with E-state index < -0.39 is 0 Å². The van der Waals surface area contributed by atoms with Crippen LogP contribution in [-0.2, 0) is 4.74 Å². The molecule has 0 unspecified atom stereocenters. The molecule has 0 saturated carbocycles. The van der Waals surface area contributed by atoms with E-state index in [0.717, 1.165) is 25.2 Å². The van der Waals surface area contributed by atoms with Crippen LogP contribution in [0.3, 0.4) is 0 Å². The van der Waals surface area contributed by atoms with Crippen molar-refractivity contribution in [3.05, 3.63) is 0 Å². The molecule has 2 heteroatoms. The first kappa shape index (κ1) is 9.17. The van der Waals surface area contributed by atoms with E-state index in [1.807, 2.05) is 0 Å². The molecule has 0 aliphatic carbocycles. The smallest absolute Gasteiger partial charge is 0.0509 e. The highest BCUT2D eigenvalue weighted by atomic mass is 16.5. The van der Waals surface area contributed by atoms with Crippen LogP contribution in [0.15, 0.2) is 0 Å². The Bertz CT molecular complexity index is 230. The van der Waals surface area contributed by atoms with E-state index in [1.165, 1.54) is 38.6 Å². The molecule has 0 bridgehead atoms. The van der Waals surface area contributed by atoms with Crippen LogP contribution in [0.4, 0.5) is 0 Å². The molecule has 80 valence electrons. The number of fused-ring (bicyclic) bond motifs is 3. The summed E-state index contributed by atoms with van der Waals surface area (Å²) in [6.07, 6.45) is 6.91. The molecule has 3 fully saturated rings. The lowest BCUT2D eigenvalue weighted by Gasteiger charge is -2.35. The predicted molar refractivity (Wildman–Crippen MR) is 56.3 cm³/mol. The number of nitrogens with zero attached hydrogens (tertiary/aromatic N) is 1. The van der Waals surface area contributed by atoms with Gasteiger partial charge in [-0.1, -0.05) is 6.92 Å². The van der Waals surface area contributed by atoms with E-state index >= 15 is 0 Å². The molecular formula is C12H21NO. The summed E-state index contributed by atoms with van der Waals surface area (Å²) in [7, 11) is 0. The van der Waals surface area contributed by atoms with Gasteiger partial charge in [0.15, 0.2) is 0 Å². The van der Waals surface area contributed by atoms with Crippen molar-refractivity contribution < 1.29 is 4.74 Å². The van der Waals surface area contributed by atoms with Crippen LogP contribution < -0.4 is 0 Å². The molecule has 3 saturated heterocycles. The summed E-state index contributed by atoms with van der Waals surface area (Å²) in [4.78, 5) is 2.83. The molecule has 0 amide bonds. The van der Waals surface area contributed by atoms with Crippen molar-refractivity contribution in [3.8, 4) is 0 Å². The van der Waals surface area contributed by atoms with Gasteiger partial charge in [0.25, 0.3) is 0 Å². The Hall–Kier alpha value is -0.0800. The highest BCUT2D eigenvalue weighted by molar-refractivity contribution is 5.07. The minimum Gasteiger partial charge on any atom is -0.381 e.